The van der Waals surface area contributed by atoms with Crippen molar-refractivity contribution in [1.29, 1.82) is 0 Å². The van der Waals surface area contributed by atoms with Crippen LogP contribution in [0.3, 0.4) is 0 Å². The Morgan fingerprint density at radius 3 is 2.54 bits per heavy atom. The minimum atomic E-state index is -0.922. The number of amides is 1. The summed E-state index contributed by atoms with van der Waals surface area (Å²) < 4.78 is 3.58. The van der Waals surface area contributed by atoms with Gasteiger partial charge in [0.15, 0.2) is 0 Å². The number of likely N-dealkylation sites (tertiary alicyclic amines) is 1. The Bertz CT molecular complexity index is 968. The quantitative estimate of drug-likeness (QED) is 0.740. The van der Waals surface area contributed by atoms with E-state index in [2.05, 4.69) is 5.10 Å². The lowest BCUT2D eigenvalue weighted by molar-refractivity contribution is 0.0650. The molecule has 4 rings (SSSR count). The maximum absolute atomic E-state index is 12.8. The van der Waals surface area contributed by atoms with Crippen molar-refractivity contribution in [2.75, 3.05) is 13.1 Å². The number of aromatic nitrogens is 3. The lowest BCUT2D eigenvalue weighted by Crippen LogP contribution is -2.39. The molecule has 0 atom stereocenters. The number of aromatic carboxylic acids is 1. The average molecular weight is 378 g/mol. The predicted molar refractivity (Wildman–Crippen MR) is 103 cm³/mol. The molecule has 7 heteroatoms. The number of rotatable bonds is 5. The van der Waals surface area contributed by atoms with Gasteiger partial charge in [0.1, 0.15) is 5.69 Å². The molecule has 1 amide bonds. The summed E-state index contributed by atoms with van der Waals surface area (Å²) in [5, 5.41) is 13.6. The van der Waals surface area contributed by atoms with Gasteiger partial charge in [-0.1, -0.05) is 30.3 Å². The first kappa shape index (κ1) is 18.0. The van der Waals surface area contributed by atoms with Gasteiger partial charge >= 0.3 is 5.97 Å². The Morgan fingerprint density at radius 1 is 1.07 bits per heavy atom. The van der Waals surface area contributed by atoms with Crippen LogP contribution in [-0.2, 0) is 6.54 Å². The third-order valence-corrected chi connectivity index (χ3v) is 5.21. The van der Waals surface area contributed by atoms with Crippen LogP contribution in [0.2, 0.25) is 0 Å². The van der Waals surface area contributed by atoms with Crippen molar-refractivity contribution in [2.24, 2.45) is 0 Å². The number of carbonyl (C=O) groups is 2. The topological polar surface area (TPSA) is 80.4 Å². The van der Waals surface area contributed by atoms with Gasteiger partial charge < -0.3 is 14.6 Å². The fourth-order valence-electron chi connectivity index (χ4n) is 3.75. The summed E-state index contributed by atoms with van der Waals surface area (Å²) in [5.74, 6) is -0.946. The normalized spacial score (nSPS) is 14.9. The second-order valence-electron chi connectivity index (χ2n) is 7.04. The number of carboxylic acids is 1. The molecule has 0 spiro atoms. The highest BCUT2D eigenvalue weighted by atomic mass is 16.4. The number of carbonyl (C=O) groups excluding carboxylic acids is 1. The smallest absolute Gasteiger partial charge is 0.352 e. The van der Waals surface area contributed by atoms with Crippen LogP contribution in [0.15, 0.2) is 61.1 Å². The number of hydrogen-bond donors (Lipinski definition) is 1. The maximum atomic E-state index is 12.8. The molecule has 1 aromatic carbocycles. The monoisotopic (exact) mass is 378 g/mol. The third-order valence-electron chi connectivity index (χ3n) is 5.21. The maximum Gasteiger partial charge on any atom is 0.352 e. The van der Waals surface area contributed by atoms with Gasteiger partial charge in [-0.15, -0.1) is 0 Å². The SMILES string of the molecule is O=C(O)c1cccn1C1CCN(C(=O)c2cnn(Cc3ccccc3)c2)CC1. The van der Waals surface area contributed by atoms with Gasteiger partial charge in [0.25, 0.3) is 5.91 Å². The van der Waals surface area contributed by atoms with Crippen LogP contribution < -0.4 is 0 Å². The molecule has 144 valence electrons. The Labute approximate surface area is 162 Å². The van der Waals surface area contributed by atoms with E-state index in [0.717, 1.165) is 18.4 Å². The van der Waals surface area contributed by atoms with Crippen LogP contribution in [-0.4, -0.2) is 49.3 Å². The van der Waals surface area contributed by atoms with Gasteiger partial charge in [-0.05, 0) is 30.5 Å². The molecule has 3 aromatic rings. The van der Waals surface area contributed by atoms with E-state index >= 15 is 0 Å². The fourth-order valence-corrected chi connectivity index (χ4v) is 3.75. The first-order chi connectivity index (χ1) is 13.6. The molecule has 0 aliphatic carbocycles. The Kier molecular flexibility index (Phi) is 4.97. The average Bonchev–Trinajstić information content (AvgIpc) is 3.38. The molecule has 2 aromatic heterocycles. The molecule has 0 unspecified atom stereocenters. The molecular weight excluding hydrogens is 356 g/mol. The molecule has 28 heavy (non-hydrogen) atoms. The second-order valence-corrected chi connectivity index (χ2v) is 7.04. The molecule has 0 radical (unpaired) electrons. The van der Waals surface area contributed by atoms with E-state index in [4.69, 9.17) is 0 Å². The van der Waals surface area contributed by atoms with Gasteiger partial charge in [0.2, 0.25) is 0 Å². The summed E-state index contributed by atoms with van der Waals surface area (Å²) in [6.07, 6.45) is 6.68. The summed E-state index contributed by atoms with van der Waals surface area (Å²) in [6, 6.07) is 13.5. The zero-order valence-electron chi connectivity index (χ0n) is 15.4. The van der Waals surface area contributed by atoms with Gasteiger partial charge in [-0.3, -0.25) is 9.48 Å². The molecule has 1 fully saturated rings. The first-order valence-corrected chi connectivity index (χ1v) is 9.37. The molecule has 3 heterocycles. The number of piperidine rings is 1. The third kappa shape index (κ3) is 3.69. The second kappa shape index (κ2) is 7.72. The highest BCUT2D eigenvalue weighted by Crippen LogP contribution is 2.25. The summed E-state index contributed by atoms with van der Waals surface area (Å²) in [7, 11) is 0. The predicted octanol–water partition coefficient (Wildman–Crippen LogP) is 2.91. The molecule has 1 aliphatic rings. The van der Waals surface area contributed by atoms with E-state index in [9.17, 15) is 14.7 Å². The van der Waals surface area contributed by atoms with Gasteiger partial charge in [-0.25, -0.2) is 4.79 Å². The summed E-state index contributed by atoms with van der Waals surface area (Å²) in [4.78, 5) is 26.0. The van der Waals surface area contributed by atoms with Gasteiger partial charge in [0, 0.05) is 31.5 Å². The molecular formula is C21H22N4O3. The van der Waals surface area contributed by atoms with E-state index in [1.165, 1.54) is 0 Å². The zero-order valence-corrected chi connectivity index (χ0v) is 15.4. The Hall–Kier alpha value is -3.35. The summed E-state index contributed by atoms with van der Waals surface area (Å²) >= 11 is 0. The van der Waals surface area contributed by atoms with Crippen molar-refractivity contribution >= 4 is 11.9 Å². The lowest BCUT2D eigenvalue weighted by Gasteiger charge is -2.33. The van der Waals surface area contributed by atoms with Crippen LogP contribution in [0.25, 0.3) is 0 Å². The van der Waals surface area contributed by atoms with Crippen molar-refractivity contribution in [2.45, 2.75) is 25.4 Å². The standard InChI is InChI=1S/C21H22N4O3/c26-20(17-13-22-24(15-17)14-16-5-2-1-3-6-16)23-11-8-18(9-12-23)25-10-4-7-19(25)21(27)28/h1-7,10,13,15,18H,8-9,11-12,14H2,(H,27,28). The van der Waals surface area contributed by atoms with E-state index in [-0.39, 0.29) is 11.9 Å². The largest absolute Gasteiger partial charge is 0.477 e. The molecule has 1 aliphatic heterocycles. The van der Waals surface area contributed by atoms with Crippen molar-refractivity contribution in [3.63, 3.8) is 0 Å². The first-order valence-electron chi connectivity index (χ1n) is 9.37. The van der Waals surface area contributed by atoms with Crippen LogP contribution >= 0.6 is 0 Å². The fraction of sp³-hybridized carbons (Fsp3) is 0.286. The summed E-state index contributed by atoms with van der Waals surface area (Å²) in [5.41, 5.74) is 2.01. The van der Waals surface area contributed by atoms with Crippen LogP contribution in [0.1, 0.15) is 45.3 Å². The van der Waals surface area contributed by atoms with Gasteiger partial charge in [-0.2, -0.15) is 5.10 Å². The number of carboxylic acid groups (broad SMARTS) is 1. The van der Waals surface area contributed by atoms with Crippen molar-refractivity contribution in [3.8, 4) is 0 Å². The molecule has 1 saturated heterocycles. The molecule has 0 saturated carbocycles. The number of hydrogen-bond acceptors (Lipinski definition) is 3. The minimum Gasteiger partial charge on any atom is -0.477 e. The molecule has 7 nitrogen and oxygen atoms in total. The highest BCUT2D eigenvalue weighted by molar-refractivity contribution is 5.93. The highest BCUT2D eigenvalue weighted by Gasteiger charge is 2.27. The van der Waals surface area contributed by atoms with Crippen LogP contribution in [0.5, 0.6) is 0 Å². The Morgan fingerprint density at radius 2 is 1.82 bits per heavy atom. The van der Waals surface area contributed by atoms with E-state index in [1.807, 2.05) is 39.8 Å². The molecule has 1 N–H and O–H groups in total. The summed E-state index contributed by atoms with van der Waals surface area (Å²) in [6.45, 7) is 1.83. The van der Waals surface area contributed by atoms with E-state index < -0.39 is 5.97 Å². The Balaban J connectivity index is 1.38. The van der Waals surface area contributed by atoms with Crippen molar-refractivity contribution < 1.29 is 14.7 Å². The van der Waals surface area contributed by atoms with Crippen LogP contribution in [0.4, 0.5) is 0 Å². The van der Waals surface area contributed by atoms with E-state index in [0.29, 0.717) is 30.9 Å². The molecule has 0 bridgehead atoms. The minimum absolute atomic E-state index is 0.0243. The zero-order chi connectivity index (χ0) is 19.5. The van der Waals surface area contributed by atoms with Crippen molar-refractivity contribution in [1.82, 2.24) is 19.2 Å². The number of benzene rings is 1. The van der Waals surface area contributed by atoms with Crippen LogP contribution in [0, 0.1) is 0 Å². The van der Waals surface area contributed by atoms with Crippen molar-refractivity contribution in [3.05, 3.63) is 77.9 Å². The van der Waals surface area contributed by atoms with Gasteiger partial charge in [0.05, 0.1) is 18.3 Å². The van der Waals surface area contributed by atoms with E-state index in [1.54, 1.807) is 35.4 Å². The lowest BCUT2D eigenvalue weighted by atomic mass is 10.0. The number of nitrogens with zero attached hydrogens (tertiary/aromatic N) is 4.